The van der Waals surface area contributed by atoms with Crippen molar-refractivity contribution in [2.24, 2.45) is 11.7 Å². The van der Waals surface area contributed by atoms with Gasteiger partial charge in [0.05, 0.1) is 5.69 Å². The summed E-state index contributed by atoms with van der Waals surface area (Å²) in [5.41, 5.74) is 7.10. The summed E-state index contributed by atoms with van der Waals surface area (Å²) in [7, 11) is 0. The second-order valence-corrected chi connectivity index (χ2v) is 4.49. The minimum atomic E-state index is 0.297. The highest BCUT2D eigenvalue weighted by atomic mass is 79.9. The zero-order valence-electron chi connectivity index (χ0n) is 7.41. The fraction of sp³-hybridized carbons (Fsp3) is 0.500. The second kappa shape index (κ2) is 3.76. The summed E-state index contributed by atoms with van der Waals surface area (Å²) < 4.78 is 1.08. The number of pyridine rings is 1. The van der Waals surface area contributed by atoms with E-state index >= 15 is 0 Å². The quantitative estimate of drug-likeness (QED) is 0.880. The number of rotatable bonds is 3. The molecule has 2 rings (SSSR count). The van der Waals surface area contributed by atoms with Gasteiger partial charge in [-0.2, -0.15) is 0 Å². The molecule has 0 aliphatic heterocycles. The summed E-state index contributed by atoms with van der Waals surface area (Å²) in [5.74, 6) is 0.744. The first-order valence-electron chi connectivity index (χ1n) is 4.62. The molecule has 1 heterocycles. The van der Waals surface area contributed by atoms with Crippen LogP contribution in [0, 0.1) is 5.92 Å². The van der Waals surface area contributed by atoms with Gasteiger partial charge in [-0.25, -0.2) is 0 Å². The average molecular weight is 241 g/mol. The first-order chi connectivity index (χ1) is 6.27. The molecule has 1 unspecified atom stereocenters. The van der Waals surface area contributed by atoms with Crippen LogP contribution >= 0.6 is 15.9 Å². The third-order valence-electron chi connectivity index (χ3n) is 2.49. The zero-order valence-corrected chi connectivity index (χ0v) is 9.00. The van der Waals surface area contributed by atoms with E-state index in [2.05, 4.69) is 20.9 Å². The predicted octanol–water partition coefficient (Wildman–Crippen LogP) is 2.12. The Kier molecular flexibility index (Phi) is 2.65. The Hall–Kier alpha value is -0.410. The highest BCUT2D eigenvalue weighted by Gasteiger charge is 2.28. The SMILES string of the molecule is NC(Cc1ncccc1Br)C1CC1. The van der Waals surface area contributed by atoms with Crippen LogP contribution in [-0.2, 0) is 6.42 Å². The van der Waals surface area contributed by atoms with Crippen molar-refractivity contribution >= 4 is 15.9 Å². The van der Waals surface area contributed by atoms with E-state index in [4.69, 9.17) is 5.73 Å². The lowest BCUT2D eigenvalue weighted by Crippen LogP contribution is -2.25. The second-order valence-electron chi connectivity index (χ2n) is 3.64. The van der Waals surface area contributed by atoms with Gasteiger partial charge in [0, 0.05) is 23.1 Å². The Bertz CT molecular complexity index is 297. The summed E-state index contributed by atoms with van der Waals surface area (Å²) in [5, 5.41) is 0. The molecule has 0 radical (unpaired) electrons. The maximum absolute atomic E-state index is 6.02. The van der Waals surface area contributed by atoms with Crippen molar-refractivity contribution in [2.75, 3.05) is 0 Å². The van der Waals surface area contributed by atoms with Gasteiger partial charge in [-0.3, -0.25) is 4.98 Å². The summed E-state index contributed by atoms with van der Waals surface area (Å²) in [6, 6.07) is 4.24. The van der Waals surface area contributed by atoms with Crippen molar-refractivity contribution in [1.82, 2.24) is 4.98 Å². The van der Waals surface area contributed by atoms with Crippen molar-refractivity contribution in [1.29, 1.82) is 0 Å². The van der Waals surface area contributed by atoms with Gasteiger partial charge in [-0.1, -0.05) is 0 Å². The lowest BCUT2D eigenvalue weighted by atomic mass is 10.1. The highest BCUT2D eigenvalue weighted by molar-refractivity contribution is 9.10. The summed E-state index contributed by atoms with van der Waals surface area (Å²) in [6.07, 6.45) is 5.31. The van der Waals surface area contributed by atoms with Crippen LogP contribution in [0.3, 0.4) is 0 Å². The Labute approximate surface area is 86.7 Å². The van der Waals surface area contributed by atoms with Gasteiger partial charge < -0.3 is 5.73 Å². The Morgan fingerprint density at radius 1 is 1.62 bits per heavy atom. The van der Waals surface area contributed by atoms with Crippen molar-refractivity contribution in [2.45, 2.75) is 25.3 Å². The van der Waals surface area contributed by atoms with Crippen LogP contribution in [0.25, 0.3) is 0 Å². The molecule has 3 heteroatoms. The van der Waals surface area contributed by atoms with Crippen LogP contribution in [0.5, 0.6) is 0 Å². The number of nitrogens with zero attached hydrogens (tertiary/aromatic N) is 1. The fourth-order valence-electron chi connectivity index (χ4n) is 1.48. The Balaban J connectivity index is 2.03. The number of hydrogen-bond acceptors (Lipinski definition) is 2. The van der Waals surface area contributed by atoms with E-state index in [0.717, 1.165) is 22.5 Å². The normalized spacial score (nSPS) is 18.6. The molecule has 0 saturated heterocycles. The van der Waals surface area contributed by atoms with Gasteiger partial charge in [0.15, 0.2) is 0 Å². The number of hydrogen-bond donors (Lipinski definition) is 1. The van der Waals surface area contributed by atoms with Crippen molar-refractivity contribution < 1.29 is 0 Å². The van der Waals surface area contributed by atoms with Crippen molar-refractivity contribution in [3.05, 3.63) is 28.5 Å². The molecule has 70 valence electrons. The van der Waals surface area contributed by atoms with Crippen LogP contribution in [0.15, 0.2) is 22.8 Å². The monoisotopic (exact) mass is 240 g/mol. The zero-order chi connectivity index (χ0) is 9.26. The van der Waals surface area contributed by atoms with Crippen molar-refractivity contribution in [3.8, 4) is 0 Å². The smallest absolute Gasteiger partial charge is 0.0560 e. The van der Waals surface area contributed by atoms with E-state index in [1.165, 1.54) is 12.8 Å². The fourth-order valence-corrected chi connectivity index (χ4v) is 1.90. The lowest BCUT2D eigenvalue weighted by molar-refractivity contribution is 0.583. The van der Waals surface area contributed by atoms with Gasteiger partial charge in [0.1, 0.15) is 0 Å². The maximum Gasteiger partial charge on any atom is 0.0560 e. The van der Waals surface area contributed by atoms with E-state index < -0.39 is 0 Å². The molecule has 1 saturated carbocycles. The lowest BCUT2D eigenvalue weighted by Gasteiger charge is -2.10. The molecule has 0 spiro atoms. The summed E-state index contributed by atoms with van der Waals surface area (Å²) >= 11 is 3.48. The molecule has 1 aromatic heterocycles. The van der Waals surface area contributed by atoms with Crippen LogP contribution in [0.1, 0.15) is 18.5 Å². The minimum Gasteiger partial charge on any atom is -0.327 e. The predicted molar refractivity (Wildman–Crippen MR) is 56.3 cm³/mol. The largest absolute Gasteiger partial charge is 0.327 e. The third kappa shape index (κ3) is 2.29. The van der Waals surface area contributed by atoms with Crippen molar-refractivity contribution in [3.63, 3.8) is 0 Å². The molecule has 1 aliphatic carbocycles. The Morgan fingerprint density at radius 2 is 2.38 bits per heavy atom. The molecule has 0 aromatic carbocycles. The molecule has 0 amide bonds. The first kappa shape index (κ1) is 9.16. The number of halogens is 1. The molecule has 1 aromatic rings. The van der Waals surface area contributed by atoms with E-state index in [1.54, 1.807) is 0 Å². The number of nitrogens with two attached hydrogens (primary N) is 1. The standard InChI is InChI=1S/C10H13BrN2/c11-8-2-1-5-13-10(8)6-9(12)7-3-4-7/h1-2,5,7,9H,3-4,6,12H2. The third-order valence-corrected chi connectivity index (χ3v) is 3.21. The Morgan fingerprint density at radius 3 is 3.00 bits per heavy atom. The summed E-state index contributed by atoms with van der Waals surface area (Å²) in [4.78, 5) is 4.30. The molecular weight excluding hydrogens is 228 g/mol. The maximum atomic E-state index is 6.02. The van der Waals surface area contributed by atoms with Gasteiger partial charge >= 0.3 is 0 Å². The molecule has 1 atom stereocenters. The van der Waals surface area contributed by atoms with Crippen LogP contribution < -0.4 is 5.73 Å². The molecule has 2 N–H and O–H groups in total. The molecular formula is C10H13BrN2. The summed E-state index contributed by atoms with van der Waals surface area (Å²) in [6.45, 7) is 0. The first-order valence-corrected chi connectivity index (χ1v) is 5.41. The molecule has 1 fully saturated rings. The van der Waals surface area contributed by atoms with Gasteiger partial charge in [0.25, 0.3) is 0 Å². The van der Waals surface area contributed by atoms with Gasteiger partial charge in [-0.05, 0) is 46.8 Å². The highest BCUT2D eigenvalue weighted by Crippen LogP contribution is 2.33. The van der Waals surface area contributed by atoms with Gasteiger partial charge in [-0.15, -0.1) is 0 Å². The van der Waals surface area contributed by atoms with E-state index in [-0.39, 0.29) is 0 Å². The molecule has 2 nitrogen and oxygen atoms in total. The van der Waals surface area contributed by atoms with Gasteiger partial charge in [0.2, 0.25) is 0 Å². The minimum absolute atomic E-state index is 0.297. The molecule has 13 heavy (non-hydrogen) atoms. The van der Waals surface area contributed by atoms with E-state index in [1.807, 2.05) is 18.3 Å². The van der Waals surface area contributed by atoms with Crippen LogP contribution in [0.4, 0.5) is 0 Å². The molecule has 1 aliphatic rings. The van der Waals surface area contributed by atoms with Crippen LogP contribution in [-0.4, -0.2) is 11.0 Å². The number of aromatic nitrogens is 1. The average Bonchev–Trinajstić information content (AvgIpc) is 2.91. The topological polar surface area (TPSA) is 38.9 Å². The van der Waals surface area contributed by atoms with E-state index in [0.29, 0.717) is 6.04 Å². The molecule has 0 bridgehead atoms. The van der Waals surface area contributed by atoms with Crippen LogP contribution in [0.2, 0.25) is 0 Å². The van der Waals surface area contributed by atoms with E-state index in [9.17, 15) is 0 Å².